The molecule has 26 heavy (non-hydrogen) atoms. The van der Waals surface area contributed by atoms with Gasteiger partial charge in [-0.2, -0.15) is 0 Å². The van der Waals surface area contributed by atoms with Crippen LogP contribution < -0.4 is 15.5 Å². The monoisotopic (exact) mass is 473 g/mol. The number of anilines is 1. The fourth-order valence-corrected chi connectivity index (χ4v) is 3.14. The number of halogens is 1. The van der Waals surface area contributed by atoms with Gasteiger partial charge < -0.3 is 15.5 Å². The number of nitrogens with one attached hydrogen (secondary N) is 2. The fraction of sp³-hybridized carbons (Fsp3) is 0.700. The molecule has 1 saturated heterocycles. The van der Waals surface area contributed by atoms with Crippen molar-refractivity contribution in [2.45, 2.75) is 71.9 Å². The summed E-state index contributed by atoms with van der Waals surface area (Å²) in [6.45, 7) is 10.4. The van der Waals surface area contributed by atoms with Gasteiger partial charge in [0.05, 0.1) is 6.54 Å². The number of unbranched alkanes of at least 4 members (excludes halogenated alkanes) is 2. The zero-order valence-corrected chi connectivity index (χ0v) is 19.0. The summed E-state index contributed by atoms with van der Waals surface area (Å²) in [4.78, 5) is 11.7. The highest BCUT2D eigenvalue weighted by Crippen LogP contribution is 2.17. The van der Waals surface area contributed by atoms with Crippen molar-refractivity contribution in [3.63, 3.8) is 0 Å². The smallest absolute Gasteiger partial charge is 0.191 e. The van der Waals surface area contributed by atoms with Crippen LogP contribution in [0.15, 0.2) is 23.3 Å². The molecule has 0 aliphatic carbocycles. The topological polar surface area (TPSA) is 52.6 Å². The van der Waals surface area contributed by atoms with E-state index in [2.05, 4.69) is 53.4 Å². The Hall–Kier alpha value is -1.05. The highest BCUT2D eigenvalue weighted by Gasteiger charge is 2.13. The number of hydrogen-bond acceptors (Lipinski definition) is 3. The third-order valence-electron chi connectivity index (χ3n) is 4.63. The molecular formula is C20H36IN5. The van der Waals surface area contributed by atoms with Crippen molar-refractivity contribution in [2.24, 2.45) is 4.99 Å². The van der Waals surface area contributed by atoms with Gasteiger partial charge in [-0.05, 0) is 44.7 Å². The summed E-state index contributed by atoms with van der Waals surface area (Å²) in [6, 6.07) is 4.72. The van der Waals surface area contributed by atoms with Gasteiger partial charge in [-0.1, -0.05) is 32.3 Å². The molecule has 0 spiro atoms. The zero-order chi connectivity index (χ0) is 17.9. The Kier molecular flexibility index (Phi) is 11.6. The molecule has 148 valence electrons. The molecule has 1 aliphatic rings. The van der Waals surface area contributed by atoms with Crippen molar-refractivity contribution in [1.29, 1.82) is 0 Å². The van der Waals surface area contributed by atoms with Crippen molar-refractivity contribution >= 4 is 35.8 Å². The minimum atomic E-state index is 0. The van der Waals surface area contributed by atoms with Crippen LogP contribution in [-0.4, -0.2) is 36.6 Å². The van der Waals surface area contributed by atoms with Crippen molar-refractivity contribution in [3.8, 4) is 0 Å². The average molecular weight is 473 g/mol. The third-order valence-corrected chi connectivity index (χ3v) is 4.63. The van der Waals surface area contributed by atoms with Crippen LogP contribution in [0.4, 0.5) is 5.82 Å². The number of pyridine rings is 1. The van der Waals surface area contributed by atoms with Crippen molar-refractivity contribution in [1.82, 2.24) is 15.6 Å². The molecule has 5 nitrogen and oxygen atoms in total. The number of aliphatic imine (C=N–C) groups is 1. The fourth-order valence-electron chi connectivity index (χ4n) is 3.14. The lowest BCUT2D eigenvalue weighted by atomic mass is 10.1. The predicted octanol–water partition coefficient (Wildman–Crippen LogP) is 4.32. The van der Waals surface area contributed by atoms with Gasteiger partial charge in [0.15, 0.2) is 5.96 Å². The lowest BCUT2D eigenvalue weighted by Gasteiger charge is -2.18. The Morgan fingerprint density at radius 1 is 1.23 bits per heavy atom. The van der Waals surface area contributed by atoms with E-state index in [-0.39, 0.29) is 24.0 Å². The normalized spacial score (nSPS) is 15.5. The number of nitrogens with zero attached hydrogens (tertiary/aromatic N) is 3. The summed E-state index contributed by atoms with van der Waals surface area (Å²) in [5.74, 6) is 2.00. The molecule has 1 fully saturated rings. The molecule has 2 heterocycles. The number of rotatable bonds is 9. The first-order valence-electron chi connectivity index (χ1n) is 9.97. The Morgan fingerprint density at radius 3 is 2.62 bits per heavy atom. The molecule has 0 amide bonds. The molecule has 2 rings (SSSR count). The van der Waals surface area contributed by atoms with Crippen LogP contribution in [0.25, 0.3) is 0 Å². The Balaban J connectivity index is 0.00000338. The number of hydrogen-bond donors (Lipinski definition) is 2. The molecule has 1 aromatic rings. The summed E-state index contributed by atoms with van der Waals surface area (Å²) in [5.41, 5.74) is 1.15. The lowest BCUT2D eigenvalue weighted by Crippen LogP contribution is -2.42. The lowest BCUT2D eigenvalue weighted by molar-refractivity contribution is 0.547. The maximum atomic E-state index is 4.72. The molecule has 0 aromatic carbocycles. The Bertz CT molecular complexity index is 511. The molecule has 6 heteroatoms. The molecule has 0 saturated carbocycles. The standard InChI is InChI=1S/C20H35N5.HI/c1-4-6-7-10-17(3)24-20(21-5-2)23-16-18-11-12-19(22-15-18)25-13-8-9-14-25;/h11-12,15,17H,4-10,13-14,16H2,1-3H3,(H2,21,23,24);1H. The number of aromatic nitrogens is 1. The van der Waals surface area contributed by atoms with Crippen LogP contribution in [0.3, 0.4) is 0 Å². The van der Waals surface area contributed by atoms with Crippen LogP contribution in [0.1, 0.15) is 64.9 Å². The van der Waals surface area contributed by atoms with Gasteiger partial charge in [0.25, 0.3) is 0 Å². The van der Waals surface area contributed by atoms with Gasteiger partial charge in [0.1, 0.15) is 5.82 Å². The molecule has 0 bridgehead atoms. The van der Waals surface area contributed by atoms with E-state index < -0.39 is 0 Å². The first kappa shape index (κ1) is 23.0. The molecule has 2 N–H and O–H groups in total. The minimum Gasteiger partial charge on any atom is -0.357 e. The van der Waals surface area contributed by atoms with E-state index in [0.717, 1.165) is 37.0 Å². The zero-order valence-electron chi connectivity index (χ0n) is 16.6. The quantitative estimate of drug-likeness (QED) is 0.243. The van der Waals surface area contributed by atoms with Crippen LogP contribution in [-0.2, 0) is 6.54 Å². The second kappa shape index (κ2) is 13.2. The molecule has 1 unspecified atom stereocenters. The summed E-state index contributed by atoms with van der Waals surface area (Å²) >= 11 is 0. The molecule has 1 aromatic heterocycles. The van der Waals surface area contributed by atoms with Gasteiger partial charge in [-0.3, -0.25) is 0 Å². The SMILES string of the molecule is CCCCCC(C)NC(=NCc1ccc(N2CCCC2)nc1)NCC.I. The summed E-state index contributed by atoms with van der Waals surface area (Å²) in [6.07, 6.45) is 9.54. The number of guanidine groups is 1. The maximum absolute atomic E-state index is 4.72. The van der Waals surface area contributed by atoms with Crippen LogP contribution in [0.5, 0.6) is 0 Å². The highest BCUT2D eigenvalue weighted by atomic mass is 127. The van der Waals surface area contributed by atoms with Gasteiger partial charge >= 0.3 is 0 Å². The van der Waals surface area contributed by atoms with E-state index in [9.17, 15) is 0 Å². The highest BCUT2D eigenvalue weighted by molar-refractivity contribution is 14.0. The van der Waals surface area contributed by atoms with Crippen molar-refractivity contribution < 1.29 is 0 Å². The minimum absolute atomic E-state index is 0. The summed E-state index contributed by atoms with van der Waals surface area (Å²) < 4.78 is 0. The van der Waals surface area contributed by atoms with Gasteiger partial charge in [0, 0.05) is 31.9 Å². The van der Waals surface area contributed by atoms with Crippen LogP contribution in [0.2, 0.25) is 0 Å². The van der Waals surface area contributed by atoms with Gasteiger partial charge in [0.2, 0.25) is 0 Å². The molecule has 1 aliphatic heterocycles. The van der Waals surface area contributed by atoms with E-state index in [1.807, 2.05) is 6.20 Å². The molecular weight excluding hydrogens is 437 g/mol. The van der Waals surface area contributed by atoms with Crippen LogP contribution >= 0.6 is 24.0 Å². The van der Waals surface area contributed by atoms with E-state index in [1.54, 1.807) is 0 Å². The molecule has 0 radical (unpaired) electrons. The summed E-state index contributed by atoms with van der Waals surface area (Å²) in [5, 5.41) is 6.85. The van der Waals surface area contributed by atoms with Crippen molar-refractivity contribution in [2.75, 3.05) is 24.5 Å². The van der Waals surface area contributed by atoms with E-state index in [0.29, 0.717) is 12.6 Å². The largest absolute Gasteiger partial charge is 0.357 e. The summed E-state index contributed by atoms with van der Waals surface area (Å²) in [7, 11) is 0. The Morgan fingerprint density at radius 2 is 2.00 bits per heavy atom. The van der Waals surface area contributed by atoms with Gasteiger partial charge in [-0.25, -0.2) is 9.98 Å². The second-order valence-corrected chi connectivity index (χ2v) is 6.96. The molecule has 1 atom stereocenters. The third kappa shape index (κ3) is 8.10. The van der Waals surface area contributed by atoms with Gasteiger partial charge in [-0.15, -0.1) is 24.0 Å². The maximum Gasteiger partial charge on any atom is 0.191 e. The van der Waals surface area contributed by atoms with Crippen molar-refractivity contribution in [3.05, 3.63) is 23.9 Å². The second-order valence-electron chi connectivity index (χ2n) is 6.96. The van der Waals surface area contributed by atoms with Crippen LogP contribution in [0, 0.1) is 0 Å². The van der Waals surface area contributed by atoms with E-state index in [4.69, 9.17) is 4.99 Å². The predicted molar refractivity (Wildman–Crippen MR) is 123 cm³/mol. The van der Waals surface area contributed by atoms with E-state index in [1.165, 1.54) is 38.5 Å². The first-order chi connectivity index (χ1) is 12.2. The van der Waals surface area contributed by atoms with E-state index >= 15 is 0 Å². The average Bonchev–Trinajstić information content (AvgIpc) is 3.15. The Labute approximate surface area is 176 Å². The first-order valence-corrected chi connectivity index (χ1v) is 9.97.